The highest BCUT2D eigenvalue weighted by Crippen LogP contribution is 2.41. The lowest BCUT2D eigenvalue weighted by atomic mass is 10.0. The Hall–Kier alpha value is -4.27. The van der Waals surface area contributed by atoms with Crippen LogP contribution in [0.1, 0.15) is 0 Å². The highest BCUT2D eigenvalue weighted by molar-refractivity contribution is 5.89. The Kier molecular flexibility index (Phi) is 5.78. The maximum atomic E-state index is 13.0. The number of fused-ring (bicyclic) bond motifs is 1. The van der Waals surface area contributed by atoms with Crippen LogP contribution < -0.4 is 29.4 Å². The summed E-state index contributed by atoms with van der Waals surface area (Å²) in [5.41, 5.74) is 2.69. The quantitative estimate of drug-likeness (QED) is 0.440. The molecule has 0 saturated carbocycles. The number of rotatable bonds is 7. The van der Waals surface area contributed by atoms with Crippen molar-refractivity contribution in [1.29, 1.82) is 0 Å². The van der Waals surface area contributed by atoms with Gasteiger partial charge in [0, 0.05) is 12.1 Å². The number of ether oxygens (including phenoxy) is 5. The summed E-state index contributed by atoms with van der Waals surface area (Å²) in [6.45, 7) is 0. The summed E-state index contributed by atoms with van der Waals surface area (Å²) in [6.07, 6.45) is 0. The van der Waals surface area contributed by atoms with Crippen molar-refractivity contribution in [3.63, 3.8) is 0 Å². The minimum Gasteiger partial charge on any atom is -0.504 e. The maximum Gasteiger partial charge on any atom is 0.331 e. The average molecular weight is 452 g/mol. The summed E-state index contributed by atoms with van der Waals surface area (Å²) in [4.78, 5) is 15.9. The van der Waals surface area contributed by atoms with Crippen molar-refractivity contribution in [1.82, 2.24) is 9.55 Å². The van der Waals surface area contributed by atoms with E-state index in [1.165, 1.54) is 40.1 Å². The largest absolute Gasteiger partial charge is 0.504 e. The van der Waals surface area contributed by atoms with E-state index in [0.29, 0.717) is 45.5 Å². The molecule has 0 aliphatic rings. The van der Waals surface area contributed by atoms with E-state index in [2.05, 4.69) is 4.98 Å². The molecule has 4 rings (SSSR count). The highest BCUT2D eigenvalue weighted by Gasteiger charge is 2.19. The van der Waals surface area contributed by atoms with Crippen molar-refractivity contribution in [2.24, 2.45) is 0 Å². The van der Waals surface area contributed by atoms with Gasteiger partial charge >= 0.3 is 5.69 Å². The van der Waals surface area contributed by atoms with Gasteiger partial charge in [-0.3, -0.25) is 4.57 Å². The first-order valence-corrected chi connectivity index (χ1v) is 9.96. The van der Waals surface area contributed by atoms with Gasteiger partial charge in [0.15, 0.2) is 23.0 Å². The highest BCUT2D eigenvalue weighted by atomic mass is 16.5. The molecule has 0 saturated heterocycles. The lowest BCUT2D eigenvalue weighted by Crippen LogP contribution is -2.15. The minimum atomic E-state index is -0.368. The number of hydrogen-bond acceptors (Lipinski definition) is 7. The molecule has 0 fully saturated rings. The first-order chi connectivity index (χ1) is 15.9. The summed E-state index contributed by atoms with van der Waals surface area (Å²) < 4.78 is 28.5. The minimum absolute atomic E-state index is 0.00477. The van der Waals surface area contributed by atoms with Crippen LogP contribution in [0.25, 0.3) is 27.8 Å². The van der Waals surface area contributed by atoms with Gasteiger partial charge in [0.25, 0.3) is 0 Å². The van der Waals surface area contributed by atoms with Crippen molar-refractivity contribution in [3.05, 3.63) is 52.9 Å². The van der Waals surface area contributed by atoms with Crippen LogP contribution in [0.15, 0.2) is 47.3 Å². The second-order valence-electron chi connectivity index (χ2n) is 7.11. The Bertz CT molecular complexity index is 1360. The molecule has 1 aromatic heterocycles. The Balaban J connectivity index is 2.00. The first-order valence-electron chi connectivity index (χ1n) is 9.96. The molecule has 33 heavy (non-hydrogen) atoms. The number of aromatic amines is 1. The zero-order valence-corrected chi connectivity index (χ0v) is 18.9. The molecular formula is C24H24N2O7. The molecular weight excluding hydrogens is 428 g/mol. The normalized spacial score (nSPS) is 10.8. The average Bonchev–Trinajstić information content (AvgIpc) is 3.17. The monoisotopic (exact) mass is 452 g/mol. The number of phenols is 1. The number of aromatic hydroxyl groups is 1. The fraction of sp³-hybridized carbons (Fsp3) is 0.208. The van der Waals surface area contributed by atoms with Gasteiger partial charge in [-0.1, -0.05) is 6.07 Å². The van der Waals surface area contributed by atoms with E-state index in [4.69, 9.17) is 23.7 Å². The third-order valence-corrected chi connectivity index (χ3v) is 5.40. The van der Waals surface area contributed by atoms with E-state index < -0.39 is 0 Å². The van der Waals surface area contributed by atoms with Crippen LogP contribution in [-0.4, -0.2) is 50.2 Å². The Morgan fingerprint density at radius 3 is 1.91 bits per heavy atom. The van der Waals surface area contributed by atoms with Crippen molar-refractivity contribution in [2.75, 3.05) is 35.5 Å². The number of H-pyrrole nitrogens is 1. The third kappa shape index (κ3) is 3.67. The molecule has 0 aliphatic carbocycles. The van der Waals surface area contributed by atoms with Gasteiger partial charge < -0.3 is 33.8 Å². The van der Waals surface area contributed by atoms with Crippen LogP contribution in [0.5, 0.6) is 34.5 Å². The van der Waals surface area contributed by atoms with Gasteiger partial charge in [-0.15, -0.1) is 0 Å². The van der Waals surface area contributed by atoms with E-state index in [1.54, 1.807) is 30.3 Å². The molecule has 0 unspecified atom stereocenters. The van der Waals surface area contributed by atoms with Crippen LogP contribution in [0, 0.1) is 0 Å². The van der Waals surface area contributed by atoms with Crippen molar-refractivity contribution in [2.45, 2.75) is 0 Å². The van der Waals surface area contributed by atoms with Crippen LogP contribution in [0.2, 0.25) is 0 Å². The number of hydrogen-bond donors (Lipinski definition) is 2. The molecule has 2 N–H and O–H groups in total. The maximum absolute atomic E-state index is 13.0. The lowest BCUT2D eigenvalue weighted by Gasteiger charge is -2.15. The predicted molar refractivity (Wildman–Crippen MR) is 124 cm³/mol. The van der Waals surface area contributed by atoms with E-state index in [0.717, 1.165) is 11.1 Å². The van der Waals surface area contributed by atoms with Crippen molar-refractivity contribution < 1.29 is 28.8 Å². The van der Waals surface area contributed by atoms with Gasteiger partial charge in [-0.25, -0.2) is 4.79 Å². The number of aromatic nitrogens is 2. The second kappa shape index (κ2) is 8.70. The zero-order chi connectivity index (χ0) is 23.7. The van der Waals surface area contributed by atoms with Gasteiger partial charge in [0.1, 0.15) is 11.3 Å². The second-order valence-corrected chi connectivity index (χ2v) is 7.11. The van der Waals surface area contributed by atoms with Crippen LogP contribution in [0.4, 0.5) is 0 Å². The Labute approximate surface area is 189 Å². The molecule has 0 amide bonds. The Morgan fingerprint density at radius 2 is 1.36 bits per heavy atom. The van der Waals surface area contributed by atoms with Gasteiger partial charge in [-0.05, 0) is 35.4 Å². The van der Waals surface area contributed by atoms with Gasteiger partial charge in [-0.2, -0.15) is 0 Å². The van der Waals surface area contributed by atoms with Gasteiger partial charge in [0.05, 0.1) is 46.8 Å². The Morgan fingerprint density at radius 1 is 0.727 bits per heavy atom. The summed E-state index contributed by atoms with van der Waals surface area (Å²) >= 11 is 0. The summed E-state index contributed by atoms with van der Waals surface area (Å²) in [6, 6.07) is 12.1. The molecule has 0 atom stereocenters. The van der Waals surface area contributed by atoms with E-state index in [-0.39, 0.29) is 11.4 Å². The molecule has 3 aromatic carbocycles. The van der Waals surface area contributed by atoms with Crippen LogP contribution in [-0.2, 0) is 0 Å². The van der Waals surface area contributed by atoms with E-state index in [9.17, 15) is 9.90 Å². The number of nitrogens with one attached hydrogen (secondary N) is 1. The molecule has 0 bridgehead atoms. The van der Waals surface area contributed by atoms with Crippen LogP contribution in [0.3, 0.4) is 0 Å². The summed E-state index contributed by atoms with van der Waals surface area (Å²) in [5, 5.41) is 10.2. The SMILES string of the molecule is COc1ccc(-c2cc(OC)c3[nH]c(=O)n(-c4cc(OC)c(OC)c(OC)c4)c3c2)cc1O. The molecule has 0 radical (unpaired) electrons. The van der Waals surface area contributed by atoms with Crippen LogP contribution >= 0.6 is 0 Å². The van der Waals surface area contributed by atoms with Gasteiger partial charge in [0.2, 0.25) is 5.75 Å². The molecule has 9 nitrogen and oxygen atoms in total. The van der Waals surface area contributed by atoms with E-state index in [1.807, 2.05) is 12.1 Å². The number of benzene rings is 3. The molecule has 0 spiro atoms. The lowest BCUT2D eigenvalue weighted by molar-refractivity contribution is 0.324. The predicted octanol–water partition coefficient (Wildman–Crippen LogP) is 3.73. The molecule has 4 aromatic rings. The standard InChI is InChI=1S/C24H24N2O7/c1-29-18-7-6-13(9-17(18)27)14-8-16-22(19(10-14)30-2)25-24(28)26(16)15-11-20(31-3)23(33-5)21(12-15)32-4/h6-12,27H,1-5H3,(H,25,28). The van der Waals surface area contributed by atoms with Crippen molar-refractivity contribution >= 4 is 11.0 Å². The topological polar surface area (TPSA) is 104 Å². The zero-order valence-electron chi connectivity index (χ0n) is 18.9. The van der Waals surface area contributed by atoms with Crippen molar-refractivity contribution in [3.8, 4) is 51.3 Å². The molecule has 9 heteroatoms. The number of nitrogens with zero attached hydrogens (tertiary/aromatic N) is 1. The summed E-state index contributed by atoms with van der Waals surface area (Å²) in [7, 11) is 7.55. The fourth-order valence-corrected chi connectivity index (χ4v) is 3.82. The molecule has 0 aliphatic heterocycles. The number of imidazole rings is 1. The summed E-state index contributed by atoms with van der Waals surface area (Å²) in [5.74, 6) is 2.09. The first kappa shape index (κ1) is 21.9. The third-order valence-electron chi connectivity index (χ3n) is 5.40. The van der Waals surface area contributed by atoms with E-state index >= 15 is 0 Å². The molecule has 1 heterocycles. The molecule has 172 valence electrons. The number of phenolic OH excluding ortho intramolecular Hbond substituents is 1. The fourth-order valence-electron chi connectivity index (χ4n) is 3.82. The smallest absolute Gasteiger partial charge is 0.331 e. The number of methoxy groups -OCH3 is 5.